The number of amides is 1. The number of sulfone groups is 1. The van der Waals surface area contributed by atoms with E-state index in [4.69, 9.17) is 8.94 Å². The van der Waals surface area contributed by atoms with Gasteiger partial charge in [-0.1, -0.05) is 23.4 Å². The van der Waals surface area contributed by atoms with E-state index in [-0.39, 0.29) is 29.5 Å². The van der Waals surface area contributed by atoms with E-state index in [1.807, 2.05) is 0 Å². The Hall–Kier alpha value is -2.87. The van der Waals surface area contributed by atoms with E-state index in [1.165, 1.54) is 18.4 Å². The van der Waals surface area contributed by atoms with Crippen LogP contribution in [0.3, 0.4) is 0 Å². The first kappa shape index (κ1) is 17.9. The van der Waals surface area contributed by atoms with E-state index >= 15 is 0 Å². The maximum atomic E-state index is 13.0. The van der Waals surface area contributed by atoms with Gasteiger partial charge in [0.2, 0.25) is 5.91 Å². The molecule has 1 atom stereocenters. The zero-order chi connectivity index (χ0) is 18.6. The number of hydrogen-bond acceptors (Lipinski definition) is 6. The lowest BCUT2D eigenvalue weighted by Crippen LogP contribution is -2.32. The molecule has 0 saturated carbocycles. The van der Waals surface area contributed by atoms with E-state index in [0.29, 0.717) is 11.5 Å². The van der Waals surface area contributed by atoms with E-state index in [9.17, 15) is 13.2 Å². The van der Waals surface area contributed by atoms with Crippen molar-refractivity contribution in [3.63, 3.8) is 0 Å². The van der Waals surface area contributed by atoms with Crippen molar-refractivity contribution in [3.05, 3.63) is 72.0 Å². The topological polar surface area (TPSA) is 102 Å². The molecule has 1 unspecified atom stereocenters. The minimum absolute atomic E-state index is 0.00754. The van der Waals surface area contributed by atoms with Gasteiger partial charge in [0.05, 0.1) is 23.3 Å². The number of aryl methyl sites for hydroxylation is 1. The van der Waals surface area contributed by atoms with Crippen LogP contribution in [0.15, 0.2) is 68.6 Å². The van der Waals surface area contributed by atoms with E-state index in [2.05, 4.69) is 10.5 Å². The molecule has 1 amide bonds. The first-order chi connectivity index (χ1) is 12.5. The Morgan fingerprint density at radius 1 is 1.19 bits per heavy atom. The van der Waals surface area contributed by atoms with Gasteiger partial charge in [-0.3, -0.25) is 4.79 Å². The van der Waals surface area contributed by atoms with Gasteiger partial charge in [-0.25, -0.2) is 8.42 Å². The first-order valence-corrected chi connectivity index (χ1v) is 9.52. The summed E-state index contributed by atoms with van der Waals surface area (Å²) in [7, 11) is -3.73. The minimum atomic E-state index is -3.73. The Balaban J connectivity index is 1.76. The number of carbonyl (C=O) groups excluding carboxylic acids is 1. The summed E-state index contributed by atoms with van der Waals surface area (Å²) in [6.45, 7) is 1.62. The van der Waals surface area contributed by atoms with Gasteiger partial charge < -0.3 is 14.3 Å². The van der Waals surface area contributed by atoms with Gasteiger partial charge in [-0.05, 0) is 31.2 Å². The van der Waals surface area contributed by atoms with Crippen LogP contribution >= 0.6 is 0 Å². The maximum Gasteiger partial charge on any atom is 0.226 e. The molecule has 3 rings (SSSR count). The van der Waals surface area contributed by atoms with Gasteiger partial charge in [0.25, 0.3) is 0 Å². The highest BCUT2D eigenvalue weighted by Gasteiger charge is 2.31. The smallest absolute Gasteiger partial charge is 0.226 e. The number of aromatic nitrogens is 1. The summed E-state index contributed by atoms with van der Waals surface area (Å²) < 4.78 is 36.2. The second-order valence-electron chi connectivity index (χ2n) is 5.77. The SMILES string of the molecule is Cc1cc(CC(=O)NCC(c2ccco2)S(=O)(=O)c2ccccc2)no1. The standard InChI is InChI=1S/C18H18N2O5S/c1-13-10-14(20-25-13)11-18(21)19-12-17(16-8-5-9-24-16)26(22,23)15-6-3-2-4-7-15/h2-10,17H,11-12H2,1H3,(H,19,21). The lowest BCUT2D eigenvalue weighted by Gasteiger charge is -2.16. The molecular weight excluding hydrogens is 356 g/mol. The van der Waals surface area contributed by atoms with Crippen LogP contribution in [-0.4, -0.2) is 26.0 Å². The van der Waals surface area contributed by atoms with E-state index in [0.717, 1.165) is 0 Å². The largest absolute Gasteiger partial charge is 0.468 e. The molecule has 0 fully saturated rings. The molecule has 0 aliphatic rings. The van der Waals surface area contributed by atoms with Gasteiger partial charge in [0.1, 0.15) is 16.8 Å². The molecule has 2 heterocycles. The predicted octanol–water partition coefficient (Wildman–Crippen LogP) is 2.45. The quantitative estimate of drug-likeness (QED) is 0.681. The fourth-order valence-corrected chi connectivity index (χ4v) is 4.15. The Bertz CT molecular complexity index is 962. The molecule has 3 aromatic rings. The van der Waals surface area contributed by atoms with Gasteiger partial charge >= 0.3 is 0 Å². The molecule has 0 radical (unpaired) electrons. The first-order valence-electron chi connectivity index (χ1n) is 7.98. The van der Waals surface area contributed by atoms with Gasteiger partial charge in [-0.15, -0.1) is 0 Å². The van der Waals surface area contributed by atoms with Gasteiger partial charge in [0, 0.05) is 12.6 Å². The Morgan fingerprint density at radius 3 is 2.58 bits per heavy atom. The van der Waals surface area contributed by atoms with Crippen molar-refractivity contribution in [3.8, 4) is 0 Å². The van der Waals surface area contributed by atoms with Crippen molar-refractivity contribution in [2.75, 3.05) is 6.54 Å². The highest BCUT2D eigenvalue weighted by atomic mass is 32.2. The lowest BCUT2D eigenvalue weighted by molar-refractivity contribution is -0.120. The summed E-state index contributed by atoms with van der Waals surface area (Å²) in [5, 5.41) is 5.38. The maximum absolute atomic E-state index is 13.0. The van der Waals surface area contributed by atoms with Crippen molar-refractivity contribution in [1.29, 1.82) is 0 Å². The van der Waals surface area contributed by atoms with Crippen molar-refractivity contribution in [2.24, 2.45) is 0 Å². The Kier molecular flexibility index (Phi) is 5.22. The predicted molar refractivity (Wildman–Crippen MR) is 93.0 cm³/mol. The van der Waals surface area contributed by atoms with Crippen LogP contribution in [0.5, 0.6) is 0 Å². The zero-order valence-electron chi connectivity index (χ0n) is 14.1. The third-order valence-corrected chi connectivity index (χ3v) is 5.89. The number of furan rings is 1. The van der Waals surface area contributed by atoms with Gasteiger partial charge in [0.15, 0.2) is 9.84 Å². The summed E-state index contributed by atoms with van der Waals surface area (Å²) in [6, 6.07) is 12.9. The lowest BCUT2D eigenvalue weighted by atomic mass is 10.2. The highest BCUT2D eigenvalue weighted by molar-refractivity contribution is 7.91. The number of nitrogens with zero attached hydrogens (tertiary/aromatic N) is 1. The van der Waals surface area contributed by atoms with Crippen molar-refractivity contribution >= 4 is 15.7 Å². The van der Waals surface area contributed by atoms with E-state index < -0.39 is 15.1 Å². The molecule has 0 bridgehead atoms. The number of carbonyl (C=O) groups is 1. The fraction of sp³-hybridized carbons (Fsp3) is 0.222. The van der Waals surface area contributed by atoms with Crippen LogP contribution in [0.1, 0.15) is 22.5 Å². The molecule has 1 N–H and O–H groups in total. The Morgan fingerprint density at radius 2 is 1.96 bits per heavy atom. The molecule has 0 saturated heterocycles. The highest BCUT2D eigenvalue weighted by Crippen LogP contribution is 2.28. The summed E-state index contributed by atoms with van der Waals surface area (Å²) in [5.74, 6) is 0.525. The Labute approximate surface area is 150 Å². The molecule has 0 spiro atoms. The number of benzene rings is 1. The molecule has 2 aromatic heterocycles. The van der Waals surface area contributed by atoms with Crippen LogP contribution in [0.4, 0.5) is 0 Å². The molecular formula is C18H18N2O5S. The molecule has 8 heteroatoms. The van der Waals surface area contributed by atoms with Crippen molar-refractivity contribution in [2.45, 2.75) is 23.5 Å². The molecule has 26 heavy (non-hydrogen) atoms. The average Bonchev–Trinajstić information content (AvgIpc) is 3.28. The number of hydrogen-bond donors (Lipinski definition) is 1. The molecule has 0 aliphatic heterocycles. The number of rotatable bonds is 7. The molecule has 7 nitrogen and oxygen atoms in total. The van der Waals surface area contributed by atoms with Crippen LogP contribution in [0.2, 0.25) is 0 Å². The second-order valence-corrected chi connectivity index (χ2v) is 7.90. The second kappa shape index (κ2) is 7.57. The van der Waals surface area contributed by atoms with Crippen LogP contribution in [0, 0.1) is 6.92 Å². The average molecular weight is 374 g/mol. The van der Waals surface area contributed by atoms with Crippen molar-refractivity contribution in [1.82, 2.24) is 10.5 Å². The van der Waals surface area contributed by atoms with Gasteiger partial charge in [-0.2, -0.15) is 0 Å². The van der Waals surface area contributed by atoms with E-state index in [1.54, 1.807) is 43.3 Å². The zero-order valence-corrected chi connectivity index (χ0v) is 14.9. The summed E-state index contributed by atoms with van der Waals surface area (Å²) in [6.07, 6.45) is 1.41. The van der Waals surface area contributed by atoms with Crippen molar-refractivity contribution < 1.29 is 22.2 Å². The molecule has 136 valence electrons. The third-order valence-electron chi connectivity index (χ3n) is 3.81. The summed E-state index contributed by atoms with van der Waals surface area (Å²) in [5.41, 5.74) is 0.487. The minimum Gasteiger partial charge on any atom is -0.468 e. The third kappa shape index (κ3) is 4.02. The summed E-state index contributed by atoms with van der Waals surface area (Å²) in [4.78, 5) is 12.3. The van der Waals surface area contributed by atoms with Crippen LogP contribution in [0.25, 0.3) is 0 Å². The molecule has 1 aromatic carbocycles. The number of nitrogens with one attached hydrogen (secondary N) is 1. The van der Waals surface area contributed by atoms with Crippen LogP contribution < -0.4 is 5.32 Å². The monoisotopic (exact) mass is 374 g/mol. The summed E-state index contributed by atoms with van der Waals surface area (Å²) >= 11 is 0. The molecule has 0 aliphatic carbocycles. The normalized spacial score (nSPS) is 12.7. The van der Waals surface area contributed by atoms with Crippen LogP contribution in [-0.2, 0) is 21.1 Å². The fourth-order valence-electron chi connectivity index (χ4n) is 2.55.